The predicted molar refractivity (Wildman–Crippen MR) is 175 cm³/mol. The summed E-state index contributed by atoms with van der Waals surface area (Å²) < 4.78 is 44.9. The first kappa shape index (κ1) is 34.7. The summed E-state index contributed by atoms with van der Waals surface area (Å²) in [6.07, 6.45) is 16.5. The third-order valence-electron chi connectivity index (χ3n) is 6.97. The quantitative estimate of drug-likeness (QED) is 0.158. The molecule has 0 amide bonds. The summed E-state index contributed by atoms with van der Waals surface area (Å²) in [7, 11) is -7.90. The second kappa shape index (κ2) is 14.5. The van der Waals surface area contributed by atoms with Gasteiger partial charge in [0.2, 0.25) is 20.0 Å². The molecule has 0 spiro atoms. The van der Waals surface area contributed by atoms with Crippen LogP contribution in [0.2, 0.25) is 10.0 Å². The summed E-state index contributed by atoms with van der Waals surface area (Å²) in [4.78, 5) is 22.6. The fourth-order valence-electron chi connectivity index (χ4n) is 4.27. The summed E-state index contributed by atoms with van der Waals surface area (Å²) in [5.74, 6) is 1.24. The van der Waals surface area contributed by atoms with Gasteiger partial charge in [0.05, 0.1) is 21.7 Å². The van der Waals surface area contributed by atoms with Gasteiger partial charge in [-0.15, -0.1) is 0 Å². The van der Waals surface area contributed by atoms with Crippen LogP contribution in [0, 0.1) is 12.0 Å². The van der Waals surface area contributed by atoms with Gasteiger partial charge in [-0.2, -0.15) is 0 Å². The van der Waals surface area contributed by atoms with Crippen molar-refractivity contribution < 1.29 is 26.4 Å². The van der Waals surface area contributed by atoms with Gasteiger partial charge in [-0.25, -0.2) is 27.1 Å². The Morgan fingerprint density at radius 1 is 0.711 bits per heavy atom. The maximum absolute atomic E-state index is 12.5. The summed E-state index contributed by atoms with van der Waals surface area (Å²) in [6.45, 7) is 0. The molecule has 3 aromatic rings. The highest BCUT2D eigenvalue weighted by Gasteiger charge is 2.29. The molecular formula is C32H28Cl3N2O6S2+. The Hall–Kier alpha value is -3.18. The normalized spacial score (nSPS) is 15.4. The number of benzene rings is 3. The number of hydrogen-bond donors (Lipinski definition) is 2. The number of nitrogens with two attached hydrogens (primary N) is 2. The molecule has 6 rings (SSSR count). The zero-order chi connectivity index (χ0) is 32.9. The zero-order valence-corrected chi connectivity index (χ0v) is 27.5. The van der Waals surface area contributed by atoms with Crippen molar-refractivity contribution in [2.45, 2.75) is 41.4 Å². The summed E-state index contributed by atoms with van der Waals surface area (Å²) in [5.41, 5.74) is 3.48. The van der Waals surface area contributed by atoms with E-state index in [1.807, 2.05) is 18.2 Å². The van der Waals surface area contributed by atoms with Gasteiger partial charge >= 0.3 is 0 Å². The van der Waals surface area contributed by atoms with Gasteiger partial charge in [0.15, 0.2) is 5.78 Å². The highest BCUT2D eigenvalue weighted by molar-refractivity contribution is 7.89. The fourth-order valence-corrected chi connectivity index (χ4v) is 6.53. The second-order valence-corrected chi connectivity index (χ2v) is 14.7. The minimum atomic E-state index is -3.97. The monoisotopic (exact) mass is 705 g/mol. The number of sulfonamides is 2. The van der Waals surface area contributed by atoms with Crippen LogP contribution in [0.1, 0.15) is 63.4 Å². The molecule has 2 fully saturated rings. The van der Waals surface area contributed by atoms with E-state index in [0.29, 0.717) is 11.5 Å². The molecule has 8 nitrogen and oxygen atoms in total. The van der Waals surface area contributed by atoms with Crippen LogP contribution in [0.3, 0.4) is 0 Å². The van der Waals surface area contributed by atoms with Crippen LogP contribution in [0.5, 0.6) is 0 Å². The van der Waals surface area contributed by atoms with E-state index in [2.05, 4.69) is 24.3 Å². The Morgan fingerprint density at radius 3 is 1.64 bits per heavy atom. The van der Waals surface area contributed by atoms with Gasteiger partial charge in [-0.3, -0.25) is 9.59 Å². The average molecular weight is 707 g/mol. The van der Waals surface area contributed by atoms with Crippen LogP contribution in [0.25, 0.3) is 0 Å². The van der Waals surface area contributed by atoms with Gasteiger partial charge < -0.3 is 0 Å². The van der Waals surface area contributed by atoms with Gasteiger partial charge in [0, 0.05) is 34.8 Å². The molecule has 3 aliphatic rings. The van der Waals surface area contributed by atoms with E-state index in [-0.39, 0.29) is 36.7 Å². The lowest BCUT2D eigenvalue weighted by Crippen LogP contribution is -2.14. The number of allylic oxidation sites excluding steroid dienone is 6. The van der Waals surface area contributed by atoms with Crippen molar-refractivity contribution in [2.24, 2.45) is 16.2 Å². The van der Waals surface area contributed by atoms with Crippen LogP contribution in [-0.4, -0.2) is 27.9 Å². The van der Waals surface area contributed by atoms with Crippen molar-refractivity contribution in [1.29, 1.82) is 0 Å². The molecule has 4 N–H and O–H groups in total. The van der Waals surface area contributed by atoms with E-state index in [1.165, 1.54) is 67.2 Å². The first-order valence-corrected chi connectivity index (χ1v) is 17.8. The number of hydrogen-bond acceptors (Lipinski definition) is 6. The minimum absolute atomic E-state index is 0.00290. The van der Waals surface area contributed by atoms with Crippen molar-refractivity contribution in [3.8, 4) is 0 Å². The zero-order valence-electron chi connectivity index (χ0n) is 23.6. The molecule has 0 heterocycles. The number of rotatable bonds is 7. The van der Waals surface area contributed by atoms with Crippen LogP contribution < -0.4 is 10.3 Å². The number of carbonyl (C=O) groups is 2. The fraction of sp³-hybridized carbons (Fsp3) is 0.188. The second-order valence-electron chi connectivity index (χ2n) is 10.5. The van der Waals surface area contributed by atoms with Crippen LogP contribution in [0.4, 0.5) is 0 Å². The van der Waals surface area contributed by atoms with E-state index < -0.39 is 25.3 Å². The Labute approximate surface area is 277 Å². The molecule has 3 aliphatic carbocycles. The minimum Gasteiger partial charge on any atom is -0.289 e. The molecule has 3 aromatic carbocycles. The predicted octanol–water partition coefficient (Wildman–Crippen LogP) is 6.71. The summed E-state index contributed by atoms with van der Waals surface area (Å²) in [5, 5.41) is 9.15. The molecule has 234 valence electrons. The van der Waals surface area contributed by atoms with Crippen LogP contribution in [-0.2, 0) is 20.0 Å². The molecule has 0 aliphatic heterocycles. The van der Waals surface area contributed by atoms with E-state index >= 15 is 0 Å². The Balaban J connectivity index is 0.000000170. The van der Waals surface area contributed by atoms with Crippen LogP contribution >= 0.6 is 34.8 Å². The highest BCUT2D eigenvalue weighted by atomic mass is 35.5. The average Bonchev–Trinajstić information content (AvgIpc) is 3.91. The number of primary sulfonamides is 2. The Morgan fingerprint density at radius 2 is 1.20 bits per heavy atom. The smallest absolute Gasteiger partial charge is 0.252 e. The molecule has 0 saturated heterocycles. The standard InChI is InChI=1S/C16H14ClNO3S.C9H9.C7H5Cl2NO3S/c17-14-8-7-13(9-15(14)22(18,20)21)16(19)12-5-3-11(4-6-12)10-1-2-10;1-2-4-8(5-3-1)9-6-7-9;8-5-2-1-4(7(9)11)3-6(5)14(10,12)13/h3-10H,1-2H2,(H2,18,20,21);1-2,4-5,9H,6-7H2;1-3H,(H2,10,12,13)/q;+1;. The van der Waals surface area contributed by atoms with E-state index in [4.69, 9.17) is 45.1 Å². The van der Waals surface area contributed by atoms with Crippen molar-refractivity contribution in [3.05, 3.63) is 129 Å². The molecule has 0 unspecified atom stereocenters. The molecule has 0 radical (unpaired) electrons. The topological polar surface area (TPSA) is 154 Å². The molecule has 0 atom stereocenters. The van der Waals surface area contributed by atoms with Crippen LogP contribution in [0.15, 0.2) is 100 Å². The SMILES string of the molecule is NS(=O)(=O)c1cc(C(=O)Cl)ccc1Cl.NS(=O)(=O)c1cc(C(=O)c2ccc(C3CC3)cc2)ccc1Cl.[C+]1=CC(C2CC2)=CC=C1. The Bertz CT molecular complexity index is 1930. The Kier molecular flexibility index (Phi) is 11.2. The van der Waals surface area contributed by atoms with Gasteiger partial charge in [0.25, 0.3) is 5.24 Å². The van der Waals surface area contributed by atoms with E-state index in [1.54, 1.807) is 12.1 Å². The molecular weight excluding hydrogens is 679 g/mol. The number of halogens is 3. The number of carbonyl (C=O) groups excluding carboxylic acids is 2. The summed E-state index contributed by atoms with van der Waals surface area (Å²) >= 11 is 16.6. The largest absolute Gasteiger partial charge is 0.289 e. The third-order valence-corrected chi connectivity index (χ3v) is 9.97. The van der Waals surface area contributed by atoms with E-state index in [0.717, 1.165) is 12.0 Å². The maximum Gasteiger partial charge on any atom is 0.252 e. The van der Waals surface area contributed by atoms with Crippen molar-refractivity contribution in [1.82, 2.24) is 0 Å². The van der Waals surface area contributed by atoms with Gasteiger partial charge in [0.1, 0.15) is 21.9 Å². The molecule has 13 heteroatoms. The highest BCUT2D eigenvalue weighted by Crippen LogP contribution is 2.40. The van der Waals surface area contributed by atoms with Crippen molar-refractivity contribution in [2.75, 3.05) is 0 Å². The molecule has 0 aromatic heterocycles. The third kappa shape index (κ3) is 9.90. The number of ketones is 1. The van der Waals surface area contributed by atoms with Gasteiger partial charge in [-0.05, 0) is 85.2 Å². The van der Waals surface area contributed by atoms with Gasteiger partial charge in [-0.1, -0.05) is 47.5 Å². The maximum atomic E-state index is 12.5. The first-order chi connectivity index (χ1) is 21.1. The van der Waals surface area contributed by atoms with E-state index in [9.17, 15) is 26.4 Å². The van der Waals surface area contributed by atoms with Crippen molar-refractivity contribution >= 4 is 65.9 Å². The molecule has 45 heavy (non-hydrogen) atoms. The first-order valence-electron chi connectivity index (χ1n) is 13.6. The van der Waals surface area contributed by atoms with Crippen molar-refractivity contribution in [3.63, 3.8) is 0 Å². The lowest BCUT2D eigenvalue weighted by atomic mass is 10.0. The lowest BCUT2D eigenvalue weighted by molar-refractivity contribution is 0.103. The molecule has 0 bridgehead atoms. The lowest BCUT2D eigenvalue weighted by Gasteiger charge is -2.06. The summed E-state index contributed by atoms with van der Waals surface area (Å²) in [6, 6.07) is 15.1. The molecule has 2 saturated carbocycles.